The van der Waals surface area contributed by atoms with E-state index in [0.717, 1.165) is 5.56 Å². The predicted octanol–water partition coefficient (Wildman–Crippen LogP) is 1.91. The molecule has 13 heteroatoms. The molecule has 0 unspecified atom stereocenters. The van der Waals surface area contributed by atoms with Gasteiger partial charge < -0.3 is 36.4 Å². The van der Waals surface area contributed by atoms with Gasteiger partial charge in [-0.15, -0.1) is 0 Å². The second-order valence-corrected chi connectivity index (χ2v) is 13.3. The quantitative estimate of drug-likeness (QED) is 0.155. The van der Waals surface area contributed by atoms with E-state index < -0.39 is 65.7 Å². The number of likely N-dealkylation sites (tertiary alicyclic amines) is 1. The van der Waals surface area contributed by atoms with Crippen LogP contribution in [0.25, 0.3) is 0 Å². The van der Waals surface area contributed by atoms with Crippen LogP contribution in [0.1, 0.15) is 65.0 Å². The van der Waals surface area contributed by atoms with Gasteiger partial charge in [0.05, 0.1) is 0 Å². The zero-order valence-corrected chi connectivity index (χ0v) is 28.8. The van der Waals surface area contributed by atoms with Gasteiger partial charge in [-0.1, -0.05) is 70.2 Å². The number of carbonyl (C=O) groups is 6. The highest BCUT2D eigenvalue weighted by atomic mass is 16.4. The highest BCUT2D eigenvalue weighted by Gasteiger charge is 2.36. The molecule has 0 saturated carbocycles. The molecular weight excluding hydrogens is 630 g/mol. The van der Waals surface area contributed by atoms with E-state index in [9.17, 15) is 39.0 Å². The minimum absolute atomic E-state index is 0.0123. The Bertz CT molecular complexity index is 1460. The van der Waals surface area contributed by atoms with Crippen LogP contribution >= 0.6 is 0 Å². The van der Waals surface area contributed by atoms with Crippen molar-refractivity contribution in [2.45, 2.75) is 96.9 Å². The van der Waals surface area contributed by atoms with E-state index >= 15 is 0 Å². The molecule has 13 nitrogen and oxygen atoms in total. The fourth-order valence-electron chi connectivity index (χ4n) is 5.84. The van der Waals surface area contributed by atoms with E-state index in [-0.39, 0.29) is 36.8 Å². The minimum Gasteiger partial charge on any atom is -0.508 e. The van der Waals surface area contributed by atoms with Gasteiger partial charge in [-0.05, 0) is 54.4 Å². The van der Waals surface area contributed by atoms with Crippen molar-refractivity contribution in [2.75, 3.05) is 6.54 Å². The Hall–Kier alpha value is -4.94. The molecule has 0 spiro atoms. The van der Waals surface area contributed by atoms with Crippen molar-refractivity contribution < 1.29 is 39.0 Å². The maximum atomic E-state index is 13.8. The molecule has 0 bridgehead atoms. The fourth-order valence-corrected chi connectivity index (χ4v) is 5.84. The van der Waals surface area contributed by atoms with Crippen LogP contribution in [0.4, 0.5) is 0 Å². The van der Waals surface area contributed by atoms with Gasteiger partial charge in [-0.3, -0.25) is 24.0 Å². The summed E-state index contributed by atoms with van der Waals surface area (Å²) in [4.78, 5) is 80.0. The number of benzene rings is 2. The summed E-state index contributed by atoms with van der Waals surface area (Å²) < 4.78 is 0. The number of carbonyl (C=O) groups excluding carboxylic acids is 5. The summed E-state index contributed by atoms with van der Waals surface area (Å²) in [6, 6.07) is 9.77. The highest BCUT2D eigenvalue weighted by molar-refractivity contribution is 5.96. The minimum atomic E-state index is -1.22. The molecule has 266 valence electrons. The molecule has 3 rings (SSSR count). The maximum Gasteiger partial charge on any atom is 0.326 e. The van der Waals surface area contributed by atoms with Gasteiger partial charge in [0.25, 0.3) is 0 Å². The molecule has 2 aromatic rings. The Morgan fingerprint density at radius 2 is 1.31 bits per heavy atom. The standard InChI is InChI=1S/C36H49N5O8/c1-21(2)18-29(36(48)49)39-32(44)27(20-25-13-15-26(43)16-14-25)38-35(47)31(22(3)4)40-33(45)28(19-24-10-7-6-8-11-24)37-34(46)30-12-9-17-41(30)23(5)42/h6-8,10-11,13-16,21-22,27-31,43H,9,12,17-20H2,1-5H3,(H,37,46)(H,38,47)(H,39,44)(H,40,45)(H,48,49)/t27-,28-,29-,30-,31-/m0/s1. The van der Waals surface area contributed by atoms with Gasteiger partial charge in [0.1, 0.15) is 36.0 Å². The molecule has 0 aliphatic carbocycles. The lowest BCUT2D eigenvalue weighted by atomic mass is 9.98. The van der Waals surface area contributed by atoms with Crippen molar-refractivity contribution in [2.24, 2.45) is 11.8 Å². The van der Waals surface area contributed by atoms with E-state index in [1.807, 2.05) is 32.0 Å². The molecule has 2 aromatic carbocycles. The molecule has 5 amide bonds. The number of carboxylic acids is 1. The van der Waals surface area contributed by atoms with Crippen LogP contribution in [-0.2, 0) is 41.6 Å². The average Bonchev–Trinajstić information content (AvgIpc) is 3.54. The van der Waals surface area contributed by atoms with Crippen molar-refractivity contribution in [1.82, 2.24) is 26.2 Å². The molecule has 1 aliphatic heterocycles. The Kier molecular flexibility index (Phi) is 14.1. The van der Waals surface area contributed by atoms with E-state index in [2.05, 4.69) is 21.3 Å². The van der Waals surface area contributed by atoms with Crippen LogP contribution in [0, 0.1) is 11.8 Å². The molecule has 6 N–H and O–H groups in total. The number of hydrogen-bond donors (Lipinski definition) is 6. The molecule has 0 aromatic heterocycles. The predicted molar refractivity (Wildman–Crippen MR) is 182 cm³/mol. The molecule has 1 aliphatic rings. The third-order valence-corrected chi connectivity index (χ3v) is 8.45. The number of nitrogens with zero attached hydrogens (tertiary/aromatic N) is 1. The molecule has 0 radical (unpaired) electrons. The third-order valence-electron chi connectivity index (χ3n) is 8.45. The van der Waals surface area contributed by atoms with Crippen molar-refractivity contribution in [1.29, 1.82) is 0 Å². The number of carboxylic acid groups (broad SMARTS) is 1. The lowest BCUT2D eigenvalue weighted by Crippen LogP contribution is -2.60. The molecule has 1 saturated heterocycles. The largest absolute Gasteiger partial charge is 0.508 e. The smallest absolute Gasteiger partial charge is 0.326 e. The number of hydrogen-bond acceptors (Lipinski definition) is 7. The SMILES string of the molecule is CC(=O)N1CCC[C@H]1C(=O)N[C@@H](Cc1ccccc1)C(=O)N[C@H](C(=O)N[C@@H](Cc1ccc(O)cc1)C(=O)N[C@@H](CC(C)C)C(=O)O)C(C)C. The summed E-state index contributed by atoms with van der Waals surface area (Å²) >= 11 is 0. The Balaban J connectivity index is 1.84. The van der Waals surface area contributed by atoms with Crippen LogP contribution in [-0.4, -0.2) is 87.4 Å². The van der Waals surface area contributed by atoms with Gasteiger partial charge in [-0.2, -0.15) is 0 Å². The lowest BCUT2D eigenvalue weighted by Gasteiger charge is -2.29. The average molecular weight is 680 g/mol. The van der Waals surface area contributed by atoms with Crippen LogP contribution < -0.4 is 21.3 Å². The number of aliphatic carboxylic acids is 1. The zero-order valence-electron chi connectivity index (χ0n) is 28.8. The van der Waals surface area contributed by atoms with Gasteiger partial charge >= 0.3 is 5.97 Å². The first kappa shape index (κ1) is 38.5. The Morgan fingerprint density at radius 1 is 0.755 bits per heavy atom. The maximum absolute atomic E-state index is 13.8. The normalized spacial score (nSPS) is 16.7. The van der Waals surface area contributed by atoms with Crippen LogP contribution in [0.3, 0.4) is 0 Å². The molecule has 49 heavy (non-hydrogen) atoms. The first-order chi connectivity index (χ1) is 23.2. The van der Waals surface area contributed by atoms with Crippen LogP contribution in [0.2, 0.25) is 0 Å². The Morgan fingerprint density at radius 3 is 1.86 bits per heavy atom. The van der Waals surface area contributed by atoms with Crippen molar-refractivity contribution in [3.8, 4) is 5.75 Å². The second-order valence-electron chi connectivity index (χ2n) is 13.3. The van der Waals surface area contributed by atoms with Gasteiger partial charge in [-0.25, -0.2) is 4.79 Å². The summed E-state index contributed by atoms with van der Waals surface area (Å²) in [5, 5.41) is 30.2. The van der Waals surface area contributed by atoms with E-state index in [0.29, 0.717) is 24.9 Å². The van der Waals surface area contributed by atoms with Crippen molar-refractivity contribution in [3.63, 3.8) is 0 Å². The molecule has 5 atom stereocenters. The number of aromatic hydroxyl groups is 1. The summed E-state index contributed by atoms with van der Waals surface area (Å²) in [6.07, 6.45) is 1.39. The molecule has 1 heterocycles. The monoisotopic (exact) mass is 679 g/mol. The van der Waals surface area contributed by atoms with Crippen LogP contribution in [0.5, 0.6) is 5.75 Å². The third kappa shape index (κ3) is 11.6. The highest BCUT2D eigenvalue weighted by Crippen LogP contribution is 2.18. The molecular formula is C36H49N5O8. The summed E-state index contributed by atoms with van der Waals surface area (Å²) in [7, 11) is 0. The summed E-state index contributed by atoms with van der Waals surface area (Å²) in [5.74, 6) is -4.40. The van der Waals surface area contributed by atoms with E-state index in [1.165, 1.54) is 24.0 Å². The topological polar surface area (TPSA) is 194 Å². The Labute approximate surface area is 287 Å². The van der Waals surface area contributed by atoms with Gasteiger partial charge in [0.2, 0.25) is 29.5 Å². The van der Waals surface area contributed by atoms with Crippen LogP contribution in [0.15, 0.2) is 54.6 Å². The first-order valence-electron chi connectivity index (χ1n) is 16.7. The fraction of sp³-hybridized carbons (Fsp3) is 0.500. The number of rotatable bonds is 16. The second kappa shape index (κ2) is 18.0. The number of nitrogens with one attached hydrogen (secondary N) is 4. The van der Waals surface area contributed by atoms with E-state index in [4.69, 9.17) is 0 Å². The van der Waals surface area contributed by atoms with Gasteiger partial charge in [0, 0.05) is 26.3 Å². The zero-order chi connectivity index (χ0) is 36.2. The van der Waals surface area contributed by atoms with Crippen molar-refractivity contribution >= 4 is 35.5 Å². The summed E-state index contributed by atoms with van der Waals surface area (Å²) in [6.45, 7) is 8.94. The number of amides is 5. The molecule has 1 fully saturated rings. The van der Waals surface area contributed by atoms with Crippen molar-refractivity contribution in [3.05, 3.63) is 65.7 Å². The van der Waals surface area contributed by atoms with E-state index in [1.54, 1.807) is 38.1 Å². The number of phenolic OH excluding ortho intramolecular Hbond substituents is 1. The van der Waals surface area contributed by atoms with Gasteiger partial charge in [0.15, 0.2) is 0 Å². The first-order valence-corrected chi connectivity index (χ1v) is 16.7. The number of phenols is 1. The lowest BCUT2D eigenvalue weighted by molar-refractivity contribution is -0.143. The summed E-state index contributed by atoms with van der Waals surface area (Å²) in [5.41, 5.74) is 1.36.